The predicted octanol–water partition coefficient (Wildman–Crippen LogP) is 4.36. The van der Waals surface area contributed by atoms with Gasteiger partial charge in [-0.05, 0) is 24.3 Å². The largest absolute Gasteiger partial charge is 0.439 e. The van der Waals surface area contributed by atoms with Crippen LogP contribution in [0.3, 0.4) is 0 Å². The SMILES string of the molecule is O=C(Nc1ccc(Oc2cc(-n3ccnc3)ncn2)cc1)c1cc(-c2ccccc2)on1. The highest BCUT2D eigenvalue weighted by Gasteiger charge is 2.14. The number of rotatable bonds is 6. The van der Waals surface area contributed by atoms with Crippen LogP contribution >= 0.6 is 0 Å². The summed E-state index contributed by atoms with van der Waals surface area (Å²) in [4.78, 5) is 24.8. The molecule has 0 saturated carbocycles. The summed E-state index contributed by atoms with van der Waals surface area (Å²) in [6.45, 7) is 0. The molecule has 156 valence electrons. The molecule has 0 saturated heterocycles. The van der Waals surface area contributed by atoms with Crippen molar-refractivity contribution < 1.29 is 14.1 Å². The summed E-state index contributed by atoms with van der Waals surface area (Å²) >= 11 is 0. The topological polar surface area (TPSA) is 108 Å². The van der Waals surface area contributed by atoms with Gasteiger partial charge in [0.1, 0.15) is 24.2 Å². The Bertz CT molecular complexity index is 1330. The lowest BCUT2D eigenvalue weighted by atomic mass is 10.1. The Balaban J connectivity index is 1.24. The van der Waals surface area contributed by atoms with Crippen molar-refractivity contribution in [2.75, 3.05) is 5.32 Å². The summed E-state index contributed by atoms with van der Waals surface area (Å²) in [5.74, 6) is 1.74. The van der Waals surface area contributed by atoms with Gasteiger partial charge in [0.05, 0.1) is 0 Å². The van der Waals surface area contributed by atoms with E-state index in [4.69, 9.17) is 9.26 Å². The molecule has 3 heterocycles. The van der Waals surface area contributed by atoms with Crippen molar-refractivity contribution in [3.63, 3.8) is 0 Å². The number of benzene rings is 2. The smallest absolute Gasteiger partial charge is 0.277 e. The average molecular weight is 424 g/mol. The first-order valence-corrected chi connectivity index (χ1v) is 9.66. The van der Waals surface area contributed by atoms with E-state index < -0.39 is 0 Å². The minimum Gasteiger partial charge on any atom is -0.439 e. The van der Waals surface area contributed by atoms with Crippen LogP contribution in [0.25, 0.3) is 17.1 Å². The highest BCUT2D eigenvalue weighted by atomic mass is 16.5. The van der Waals surface area contributed by atoms with Gasteiger partial charge in [-0.25, -0.2) is 15.0 Å². The average Bonchev–Trinajstić information content (AvgIpc) is 3.54. The first kappa shape index (κ1) is 19.2. The quantitative estimate of drug-likeness (QED) is 0.431. The molecule has 9 heteroatoms. The first-order valence-electron chi connectivity index (χ1n) is 9.66. The maximum absolute atomic E-state index is 12.5. The lowest BCUT2D eigenvalue weighted by Crippen LogP contribution is -2.11. The summed E-state index contributed by atoms with van der Waals surface area (Å²) in [7, 11) is 0. The number of ether oxygens (including phenoxy) is 1. The van der Waals surface area contributed by atoms with Crippen LogP contribution in [0.1, 0.15) is 10.5 Å². The monoisotopic (exact) mass is 424 g/mol. The molecule has 0 radical (unpaired) electrons. The number of imidazole rings is 1. The van der Waals surface area contributed by atoms with Gasteiger partial charge in [0.2, 0.25) is 5.88 Å². The Morgan fingerprint density at radius 3 is 2.62 bits per heavy atom. The number of hydrogen-bond acceptors (Lipinski definition) is 7. The standard InChI is InChI=1S/C23H16N6O3/c30-23(19-12-20(32-28-19)16-4-2-1-3-5-16)27-17-6-8-18(9-7-17)31-22-13-21(25-14-26-22)29-11-10-24-15-29/h1-15H,(H,27,30). The molecule has 0 aliphatic heterocycles. The van der Waals surface area contributed by atoms with Crippen LogP contribution < -0.4 is 10.1 Å². The van der Waals surface area contributed by atoms with Crippen molar-refractivity contribution in [1.82, 2.24) is 24.7 Å². The minimum absolute atomic E-state index is 0.192. The fraction of sp³-hybridized carbons (Fsp3) is 0. The van der Waals surface area contributed by atoms with Crippen LogP contribution in [0.5, 0.6) is 11.6 Å². The summed E-state index contributed by atoms with van der Waals surface area (Å²) in [5, 5.41) is 6.65. The molecule has 32 heavy (non-hydrogen) atoms. The Labute approximate surface area is 182 Å². The maximum Gasteiger partial charge on any atom is 0.277 e. The Kier molecular flexibility index (Phi) is 5.11. The van der Waals surface area contributed by atoms with Crippen LogP contribution in [0.2, 0.25) is 0 Å². The lowest BCUT2D eigenvalue weighted by molar-refractivity contribution is 0.101. The molecular weight excluding hydrogens is 408 g/mol. The number of anilines is 1. The van der Waals surface area contributed by atoms with E-state index >= 15 is 0 Å². The maximum atomic E-state index is 12.5. The second-order valence-corrected chi connectivity index (χ2v) is 6.71. The van der Waals surface area contributed by atoms with Gasteiger partial charge in [-0.2, -0.15) is 0 Å². The fourth-order valence-electron chi connectivity index (χ4n) is 2.96. The van der Waals surface area contributed by atoms with Crippen molar-refractivity contribution in [2.45, 2.75) is 0 Å². The Morgan fingerprint density at radius 2 is 1.84 bits per heavy atom. The van der Waals surface area contributed by atoms with Crippen molar-refractivity contribution in [1.29, 1.82) is 0 Å². The molecule has 5 rings (SSSR count). The van der Waals surface area contributed by atoms with Gasteiger partial charge in [0.25, 0.3) is 5.91 Å². The molecule has 0 atom stereocenters. The molecule has 1 N–H and O–H groups in total. The molecule has 0 bridgehead atoms. The molecule has 2 aromatic carbocycles. The number of carbonyl (C=O) groups is 1. The van der Waals surface area contributed by atoms with Crippen LogP contribution in [-0.4, -0.2) is 30.6 Å². The van der Waals surface area contributed by atoms with Crippen LogP contribution in [0, 0.1) is 0 Å². The molecule has 0 spiro atoms. The van der Waals surface area contributed by atoms with Crippen LogP contribution in [-0.2, 0) is 0 Å². The number of hydrogen-bond donors (Lipinski definition) is 1. The van der Waals surface area contributed by atoms with E-state index in [1.807, 2.05) is 30.3 Å². The van der Waals surface area contributed by atoms with Gasteiger partial charge in [0.15, 0.2) is 11.5 Å². The third kappa shape index (κ3) is 4.21. The van der Waals surface area contributed by atoms with E-state index in [-0.39, 0.29) is 11.6 Å². The number of nitrogens with one attached hydrogen (secondary N) is 1. The third-order valence-corrected chi connectivity index (χ3v) is 4.53. The predicted molar refractivity (Wildman–Crippen MR) is 116 cm³/mol. The third-order valence-electron chi connectivity index (χ3n) is 4.53. The second kappa shape index (κ2) is 8.52. The zero-order chi connectivity index (χ0) is 21.8. The molecule has 0 aliphatic carbocycles. The molecular formula is C23H16N6O3. The van der Waals surface area contributed by atoms with Crippen LogP contribution in [0.4, 0.5) is 5.69 Å². The molecule has 0 unspecified atom stereocenters. The van der Waals surface area contributed by atoms with Crippen LogP contribution in [0.15, 0.2) is 96.3 Å². The van der Waals surface area contributed by atoms with E-state index in [1.165, 1.54) is 6.33 Å². The van der Waals surface area contributed by atoms with E-state index in [0.29, 0.717) is 28.9 Å². The number of carbonyl (C=O) groups excluding carboxylic acids is 1. The number of amides is 1. The zero-order valence-electron chi connectivity index (χ0n) is 16.6. The molecule has 9 nitrogen and oxygen atoms in total. The van der Waals surface area contributed by atoms with Crippen molar-refractivity contribution >= 4 is 11.6 Å². The van der Waals surface area contributed by atoms with E-state index in [0.717, 1.165) is 5.56 Å². The van der Waals surface area contributed by atoms with E-state index in [2.05, 4.69) is 25.4 Å². The van der Waals surface area contributed by atoms with Gasteiger partial charge in [-0.15, -0.1) is 0 Å². The summed E-state index contributed by atoms with van der Waals surface area (Å²) in [6, 6.07) is 19.7. The van der Waals surface area contributed by atoms with Gasteiger partial charge >= 0.3 is 0 Å². The van der Waals surface area contributed by atoms with Crippen molar-refractivity contribution in [2.24, 2.45) is 0 Å². The Morgan fingerprint density at radius 1 is 1.00 bits per heavy atom. The zero-order valence-corrected chi connectivity index (χ0v) is 16.6. The number of nitrogens with zero attached hydrogens (tertiary/aromatic N) is 5. The molecule has 5 aromatic rings. The summed E-state index contributed by atoms with van der Waals surface area (Å²) in [6.07, 6.45) is 6.50. The fourth-order valence-corrected chi connectivity index (χ4v) is 2.96. The molecule has 3 aromatic heterocycles. The van der Waals surface area contributed by atoms with Gasteiger partial charge < -0.3 is 14.6 Å². The van der Waals surface area contributed by atoms with Gasteiger partial charge in [-0.1, -0.05) is 35.5 Å². The van der Waals surface area contributed by atoms with E-state index in [1.54, 1.807) is 59.7 Å². The van der Waals surface area contributed by atoms with Gasteiger partial charge in [-0.3, -0.25) is 9.36 Å². The minimum atomic E-state index is -0.370. The van der Waals surface area contributed by atoms with Crippen molar-refractivity contribution in [3.8, 4) is 28.8 Å². The molecule has 0 fully saturated rings. The summed E-state index contributed by atoms with van der Waals surface area (Å²) in [5.41, 5.74) is 1.63. The van der Waals surface area contributed by atoms with Crippen molar-refractivity contribution in [3.05, 3.63) is 97.5 Å². The summed E-state index contributed by atoms with van der Waals surface area (Å²) < 4.78 is 12.8. The lowest BCUT2D eigenvalue weighted by Gasteiger charge is -2.08. The molecule has 1 amide bonds. The first-order chi connectivity index (χ1) is 15.7. The second-order valence-electron chi connectivity index (χ2n) is 6.71. The van der Waals surface area contributed by atoms with E-state index in [9.17, 15) is 4.79 Å². The van der Waals surface area contributed by atoms with Gasteiger partial charge in [0, 0.05) is 35.8 Å². The molecule has 0 aliphatic rings. The highest BCUT2D eigenvalue weighted by Crippen LogP contribution is 2.23. The highest BCUT2D eigenvalue weighted by molar-refractivity contribution is 6.03. The normalized spacial score (nSPS) is 10.6. The number of aromatic nitrogens is 5. The Hall–Kier alpha value is -4.79.